The zero-order valence-electron chi connectivity index (χ0n) is 20.5. The van der Waals surface area contributed by atoms with Gasteiger partial charge in [0.15, 0.2) is 4.34 Å². The lowest BCUT2D eigenvalue weighted by Gasteiger charge is -2.11. The quantitative estimate of drug-likeness (QED) is 0.119. The minimum Gasteiger partial charge on any atom is -0.348 e. The summed E-state index contributed by atoms with van der Waals surface area (Å²) >= 11 is 3.05. The third kappa shape index (κ3) is 6.49. The number of amides is 2. The van der Waals surface area contributed by atoms with Crippen LogP contribution in [0.1, 0.15) is 31.8 Å². The maximum Gasteiger partial charge on any atom is 0.269 e. The van der Waals surface area contributed by atoms with Crippen LogP contribution in [0.4, 0.5) is 11.4 Å². The molecule has 2 N–H and O–H groups in total. The Hall–Kier alpha value is -4.54. The van der Waals surface area contributed by atoms with Crippen molar-refractivity contribution < 1.29 is 14.5 Å². The number of nitrogens with zero attached hydrogens (tertiary/aromatic N) is 2. The fraction of sp³-hybridized carbons (Fsp3) is 0.0690. The van der Waals surface area contributed by atoms with Crippen molar-refractivity contribution in [2.75, 3.05) is 5.32 Å². The molecule has 5 rings (SSSR count). The number of nitro benzene ring substituents is 1. The van der Waals surface area contributed by atoms with E-state index in [9.17, 15) is 19.7 Å². The van der Waals surface area contributed by atoms with Crippen LogP contribution in [0.3, 0.4) is 0 Å². The molecule has 0 unspecified atom stereocenters. The smallest absolute Gasteiger partial charge is 0.269 e. The van der Waals surface area contributed by atoms with E-state index in [1.54, 1.807) is 54.2 Å². The molecule has 194 valence electrons. The molecule has 0 fully saturated rings. The number of non-ortho nitro benzene ring substituents is 1. The first kappa shape index (κ1) is 26.1. The van der Waals surface area contributed by atoms with Crippen molar-refractivity contribution in [3.8, 4) is 0 Å². The van der Waals surface area contributed by atoms with E-state index in [1.807, 2.05) is 42.5 Å². The number of fused-ring (bicyclic) bond motifs is 1. The average molecular weight is 555 g/mol. The zero-order valence-corrected chi connectivity index (χ0v) is 22.1. The van der Waals surface area contributed by atoms with E-state index in [2.05, 4.69) is 15.6 Å². The van der Waals surface area contributed by atoms with Crippen LogP contribution in [0.25, 0.3) is 10.2 Å². The Morgan fingerprint density at radius 2 is 1.54 bits per heavy atom. The minimum atomic E-state index is -0.416. The van der Waals surface area contributed by atoms with E-state index >= 15 is 0 Å². The van der Waals surface area contributed by atoms with Gasteiger partial charge in [-0.05, 0) is 41.5 Å². The van der Waals surface area contributed by atoms with Gasteiger partial charge in [-0.25, -0.2) is 4.98 Å². The molecule has 0 saturated carbocycles. The fourth-order valence-electron chi connectivity index (χ4n) is 3.85. The highest BCUT2D eigenvalue weighted by atomic mass is 32.2. The number of rotatable bonds is 9. The zero-order chi connectivity index (χ0) is 27.2. The number of thiazole rings is 1. The molecule has 1 aromatic heterocycles. The first-order valence-corrected chi connectivity index (χ1v) is 13.8. The van der Waals surface area contributed by atoms with Gasteiger partial charge in [-0.1, -0.05) is 66.4 Å². The minimum absolute atomic E-state index is 0.0637. The van der Waals surface area contributed by atoms with E-state index < -0.39 is 4.92 Å². The molecule has 8 nitrogen and oxygen atoms in total. The molecule has 10 heteroatoms. The van der Waals surface area contributed by atoms with Crippen molar-refractivity contribution in [2.24, 2.45) is 0 Å². The van der Waals surface area contributed by atoms with Gasteiger partial charge in [0.2, 0.25) is 0 Å². The molecule has 0 radical (unpaired) electrons. The largest absolute Gasteiger partial charge is 0.348 e. The molecular weight excluding hydrogens is 532 g/mol. The lowest BCUT2D eigenvalue weighted by molar-refractivity contribution is -0.384. The van der Waals surface area contributed by atoms with Gasteiger partial charge in [0, 0.05) is 30.1 Å². The fourth-order valence-corrected chi connectivity index (χ4v) is 5.92. The summed E-state index contributed by atoms with van der Waals surface area (Å²) in [6.45, 7) is 0.363. The van der Waals surface area contributed by atoms with Crippen molar-refractivity contribution in [3.05, 3.63) is 129 Å². The predicted octanol–water partition coefficient (Wildman–Crippen LogP) is 6.68. The second-order valence-corrected chi connectivity index (χ2v) is 10.8. The van der Waals surface area contributed by atoms with Gasteiger partial charge in [-0.2, -0.15) is 0 Å². The maximum atomic E-state index is 13.1. The predicted molar refractivity (Wildman–Crippen MR) is 154 cm³/mol. The number of anilines is 1. The summed E-state index contributed by atoms with van der Waals surface area (Å²) in [5.74, 6) is -0.0702. The summed E-state index contributed by atoms with van der Waals surface area (Å²) in [4.78, 5) is 41.0. The summed E-state index contributed by atoms with van der Waals surface area (Å²) in [5.41, 5.74) is 3.99. The molecule has 2 amide bonds. The van der Waals surface area contributed by atoms with E-state index in [1.165, 1.54) is 23.5 Å². The first-order valence-electron chi connectivity index (χ1n) is 12.0. The number of nitro groups is 1. The van der Waals surface area contributed by atoms with Crippen molar-refractivity contribution in [2.45, 2.75) is 16.6 Å². The monoisotopic (exact) mass is 554 g/mol. The standard InChI is InChI=1S/C29H22N4O4S2/c34-27(30-17-19-6-2-1-3-7-19)23-8-4-5-9-24(23)28(35)31-21-12-15-25-26(16-21)39-29(32-25)38-18-20-10-13-22(14-11-20)33(36)37/h1-16H,17-18H2,(H,30,34)(H,31,35). The molecule has 0 bridgehead atoms. The second-order valence-electron chi connectivity index (χ2n) is 8.54. The van der Waals surface area contributed by atoms with Crippen molar-refractivity contribution >= 4 is 56.5 Å². The highest BCUT2D eigenvalue weighted by molar-refractivity contribution is 8.00. The van der Waals surface area contributed by atoms with Gasteiger partial charge < -0.3 is 10.6 Å². The molecule has 39 heavy (non-hydrogen) atoms. The lowest BCUT2D eigenvalue weighted by atomic mass is 10.1. The topological polar surface area (TPSA) is 114 Å². The molecule has 4 aromatic carbocycles. The van der Waals surface area contributed by atoms with E-state index in [4.69, 9.17) is 0 Å². The van der Waals surface area contributed by atoms with Crippen LogP contribution in [0.2, 0.25) is 0 Å². The summed E-state index contributed by atoms with van der Waals surface area (Å²) in [7, 11) is 0. The third-order valence-electron chi connectivity index (χ3n) is 5.85. The second kappa shape index (κ2) is 11.9. The Morgan fingerprint density at radius 3 is 2.26 bits per heavy atom. The van der Waals surface area contributed by atoms with Gasteiger partial charge >= 0.3 is 0 Å². The van der Waals surface area contributed by atoms with E-state index in [0.717, 1.165) is 25.7 Å². The molecule has 0 aliphatic rings. The van der Waals surface area contributed by atoms with Crippen molar-refractivity contribution in [1.82, 2.24) is 10.3 Å². The number of hydrogen-bond donors (Lipinski definition) is 2. The van der Waals surface area contributed by atoms with Crippen LogP contribution in [-0.4, -0.2) is 21.7 Å². The molecular formula is C29H22N4O4S2. The number of nitrogens with one attached hydrogen (secondary N) is 2. The number of hydrogen-bond acceptors (Lipinski definition) is 7. The van der Waals surface area contributed by atoms with Crippen LogP contribution in [0.15, 0.2) is 101 Å². The van der Waals surface area contributed by atoms with Crippen molar-refractivity contribution in [3.63, 3.8) is 0 Å². The summed E-state index contributed by atoms with van der Waals surface area (Å²) in [6, 6.07) is 28.3. The normalized spacial score (nSPS) is 10.8. The number of thioether (sulfide) groups is 1. The number of carbonyl (C=O) groups excluding carboxylic acids is 2. The Morgan fingerprint density at radius 1 is 0.846 bits per heavy atom. The van der Waals surface area contributed by atoms with Gasteiger partial charge in [-0.3, -0.25) is 19.7 Å². The van der Waals surface area contributed by atoms with Crippen LogP contribution in [-0.2, 0) is 12.3 Å². The molecule has 0 aliphatic heterocycles. The van der Waals surface area contributed by atoms with Crippen LogP contribution < -0.4 is 10.6 Å². The Kier molecular flexibility index (Phi) is 7.95. The van der Waals surface area contributed by atoms with Gasteiger partial charge in [0.1, 0.15) is 0 Å². The first-order chi connectivity index (χ1) is 19.0. The maximum absolute atomic E-state index is 13.1. The third-order valence-corrected chi connectivity index (χ3v) is 8.08. The van der Waals surface area contributed by atoms with Gasteiger partial charge in [0.25, 0.3) is 17.5 Å². The number of aromatic nitrogens is 1. The van der Waals surface area contributed by atoms with E-state index in [-0.39, 0.29) is 23.1 Å². The molecule has 0 atom stereocenters. The van der Waals surface area contributed by atoms with Crippen molar-refractivity contribution in [1.29, 1.82) is 0 Å². The average Bonchev–Trinajstić information content (AvgIpc) is 3.38. The van der Waals surface area contributed by atoms with Crippen LogP contribution >= 0.6 is 23.1 Å². The van der Waals surface area contributed by atoms with Gasteiger partial charge in [-0.15, -0.1) is 11.3 Å². The molecule has 0 aliphatic carbocycles. The molecule has 0 spiro atoms. The molecule has 1 heterocycles. The van der Waals surface area contributed by atoms with Crippen LogP contribution in [0, 0.1) is 10.1 Å². The highest BCUT2D eigenvalue weighted by Crippen LogP contribution is 2.33. The Balaban J connectivity index is 1.24. The van der Waals surface area contributed by atoms with Gasteiger partial charge in [0.05, 0.1) is 26.3 Å². The number of benzene rings is 4. The lowest BCUT2D eigenvalue weighted by Crippen LogP contribution is -2.26. The number of carbonyl (C=O) groups is 2. The molecule has 5 aromatic rings. The summed E-state index contributed by atoms with van der Waals surface area (Å²) in [5, 5.41) is 16.6. The Bertz CT molecular complexity index is 1650. The molecule has 0 saturated heterocycles. The van der Waals surface area contributed by atoms with E-state index in [0.29, 0.717) is 23.5 Å². The SMILES string of the molecule is O=C(NCc1ccccc1)c1ccccc1C(=O)Nc1ccc2nc(SCc3ccc([N+](=O)[O-])cc3)sc2c1. The Labute approximate surface area is 232 Å². The van der Waals surface area contributed by atoms with Crippen LogP contribution in [0.5, 0.6) is 0 Å². The summed E-state index contributed by atoms with van der Waals surface area (Å²) in [6.07, 6.45) is 0. The summed E-state index contributed by atoms with van der Waals surface area (Å²) < 4.78 is 1.76. The highest BCUT2D eigenvalue weighted by Gasteiger charge is 2.17.